The van der Waals surface area contributed by atoms with E-state index in [1.807, 2.05) is 22.7 Å². The van der Waals surface area contributed by atoms with Crippen LogP contribution in [0.3, 0.4) is 0 Å². The maximum atomic E-state index is 7.99. The van der Waals surface area contributed by atoms with Crippen molar-refractivity contribution in [3.05, 3.63) is 346 Å². The Morgan fingerprint density at radius 1 is 0.270 bits per heavy atom. The van der Waals surface area contributed by atoms with Crippen molar-refractivity contribution in [3.63, 3.8) is 0 Å². The molecule has 0 N–H and O–H groups in total. The molecule has 0 atom stereocenters. The van der Waals surface area contributed by atoms with Crippen LogP contribution in [0.25, 0.3) is 51.5 Å². The lowest BCUT2D eigenvalue weighted by Gasteiger charge is -2.46. The van der Waals surface area contributed by atoms with Crippen LogP contribution in [-0.4, -0.2) is 13.4 Å². The van der Waals surface area contributed by atoms with Crippen molar-refractivity contribution in [1.82, 2.24) is 0 Å². The fraction of sp³-hybridized carbons (Fsp3) is 0. The fourth-order valence-electron chi connectivity index (χ4n) is 16.8. The number of rotatable bonds is 10. The van der Waals surface area contributed by atoms with Gasteiger partial charge in [-0.2, -0.15) is 0 Å². The predicted octanol–water partition coefficient (Wildman–Crippen LogP) is 21.5. The summed E-state index contributed by atoms with van der Waals surface area (Å²) in [5, 5.41) is 4.96. The number of thiophene rings is 2. The summed E-state index contributed by atoms with van der Waals surface area (Å²) in [5.41, 5.74) is 25.6. The van der Waals surface area contributed by atoms with Crippen LogP contribution in [0.2, 0.25) is 0 Å². The second-order valence-corrected chi connectivity index (χ2v) is 28.4. The van der Waals surface area contributed by atoms with Gasteiger partial charge in [-0.25, -0.2) is 0 Å². The van der Waals surface area contributed by atoms with Gasteiger partial charge in [0.25, 0.3) is 13.4 Å². The first-order valence-electron chi connectivity index (χ1n) is 34.2. The van der Waals surface area contributed by atoms with Gasteiger partial charge in [0, 0.05) is 115 Å². The summed E-state index contributed by atoms with van der Waals surface area (Å²) in [6.07, 6.45) is 0. The Labute approximate surface area is 588 Å². The van der Waals surface area contributed by atoms with Crippen LogP contribution in [0.4, 0.5) is 85.3 Å². The van der Waals surface area contributed by atoms with Crippen molar-refractivity contribution in [1.29, 1.82) is 0 Å². The molecule has 0 spiro atoms. The number of fused-ring (bicyclic) bond motifs is 14. The maximum Gasteiger partial charge on any atom is 0.256 e. The minimum atomic E-state index is -0.231. The molecule has 17 aromatic rings. The molecule has 0 saturated heterocycles. The van der Waals surface area contributed by atoms with E-state index in [0.717, 1.165) is 119 Å². The molecule has 0 fully saturated rings. The lowest BCUT2D eigenvalue weighted by molar-refractivity contribution is 0.488. The second kappa shape index (κ2) is 22.6. The number of hydrogen-bond acceptors (Lipinski definition) is 8. The van der Waals surface area contributed by atoms with Crippen molar-refractivity contribution in [2.45, 2.75) is 0 Å². The Morgan fingerprint density at radius 2 is 0.730 bits per heavy atom. The Balaban J connectivity index is 0.868. The van der Waals surface area contributed by atoms with E-state index >= 15 is 0 Å². The Bertz CT molecular complexity index is 6110. The van der Waals surface area contributed by atoms with Crippen LogP contribution in [0.5, 0.6) is 11.5 Å². The molecule has 15 aromatic carbocycles. The van der Waals surface area contributed by atoms with Gasteiger partial charge in [-0.3, -0.25) is 0 Å². The third-order valence-corrected chi connectivity index (χ3v) is 23.1. The average Bonchev–Trinajstić information content (AvgIpc) is 0.737. The van der Waals surface area contributed by atoms with Crippen LogP contribution in [0, 0.1) is 0 Å². The number of nitrogens with zero attached hydrogens (tertiary/aromatic N) is 5. The van der Waals surface area contributed by atoms with Crippen molar-refractivity contribution in [3.8, 4) is 22.6 Å². The Hall–Kier alpha value is -12.3. The summed E-state index contributed by atoms with van der Waals surface area (Å²) >= 11 is 3.71. The number of anilines is 15. The summed E-state index contributed by atoms with van der Waals surface area (Å²) in [5.74, 6) is 1.63. The molecule has 0 saturated carbocycles. The first-order chi connectivity index (χ1) is 49.6. The SMILES string of the molecule is c1ccc(-c2ccccc2N2c3cc4c(cc3B3c5ccccc5N(c5cccc6sc7ccccc7c56)c5cc(N(c6ccccc6)c6ccccc6)cc2c53)B2c3ccccc3N(c3ccccc3)c3cc(N(c5ccccc5)c5cccc6sc7ccccc7c56)cc(c32)O4)cc1. The van der Waals surface area contributed by atoms with Gasteiger partial charge in [0.15, 0.2) is 0 Å². The molecule has 0 radical (unpaired) electrons. The molecule has 6 heterocycles. The zero-order chi connectivity index (χ0) is 65.5. The predicted molar refractivity (Wildman–Crippen MR) is 427 cm³/mol. The van der Waals surface area contributed by atoms with E-state index in [9.17, 15) is 0 Å². The van der Waals surface area contributed by atoms with Gasteiger partial charge in [-0.05, 0) is 160 Å². The molecule has 0 amide bonds. The molecule has 0 aliphatic carbocycles. The molecule has 466 valence electrons. The summed E-state index contributed by atoms with van der Waals surface area (Å²) in [4.78, 5) is 12.6. The van der Waals surface area contributed by atoms with Crippen LogP contribution >= 0.6 is 22.7 Å². The van der Waals surface area contributed by atoms with E-state index in [-0.39, 0.29) is 13.4 Å². The lowest BCUT2D eigenvalue weighted by atomic mass is 9.30. The third-order valence-electron chi connectivity index (χ3n) is 20.8. The summed E-state index contributed by atoms with van der Waals surface area (Å²) in [6, 6.07) is 128. The van der Waals surface area contributed by atoms with Gasteiger partial charge in [0.2, 0.25) is 0 Å². The maximum absolute atomic E-state index is 7.99. The second-order valence-electron chi connectivity index (χ2n) is 26.2. The highest BCUT2D eigenvalue weighted by atomic mass is 32.1. The molecule has 4 aliphatic heterocycles. The Kier molecular flexibility index (Phi) is 12.9. The molecule has 2 aromatic heterocycles. The van der Waals surface area contributed by atoms with E-state index in [4.69, 9.17) is 4.74 Å². The molecule has 6 nitrogen and oxygen atoms in total. The van der Waals surface area contributed by atoms with Crippen molar-refractivity contribution in [2.24, 2.45) is 0 Å². The molecule has 100 heavy (non-hydrogen) atoms. The smallest absolute Gasteiger partial charge is 0.256 e. The standard InChI is InChI=1S/C90H57B2N5OS2/c1-6-28-58(29-7-1)65-38-16-21-43-72(65)96-77-57-81-71(92-68-41-19-22-44-73(68)95(62-36-14-5-15-37-62)80-54-64(55-82(98-81)90(80)92)94(61-34-12-4-13-35-61)75-46-26-50-85-87(75)66-39-17-24-48-83(66)99-85)56-70(77)91-69-42-20-23-45-74(69)97(76-47-27-51-86-88(76)67-40-18-25-49-84(67)100-86)79-53-63(52-78(96)89(79)91)93(59-30-8-2-9-31-59)60-32-10-3-11-33-60/h1-57H. The molecular weight excluding hydrogens is 1250 g/mol. The molecule has 0 unspecified atom stereocenters. The van der Waals surface area contributed by atoms with Gasteiger partial charge in [-0.15, -0.1) is 22.7 Å². The van der Waals surface area contributed by atoms with Crippen molar-refractivity contribution < 1.29 is 4.74 Å². The van der Waals surface area contributed by atoms with Crippen LogP contribution < -0.4 is 62.0 Å². The number of hydrogen-bond donors (Lipinski definition) is 0. The van der Waals surface area contributed by atoms with Gasteiger partial charge in [-0.1, -0.05) is 212 Å². The molecule has 0 bridgehead atoms. The van der Waals surface area contributed by atoms with Gasteiger partial charge < -0.3 is 29.2 Å². The van der Waals surface area contributed by atoms with E-state index in [1.54, 1.807) is 0 Å². The van der Waals surface area contributed by atoms with Gasteiger partial charge in [0.05, 0.1) is 28.4 Å². The average molecular weight is 1310 g/mol. The Morgan fingerprint density at radius 3 is 1.38 bits per heavy atom. The minimum Gasteiger partial charge on any atom is -0.458 e. The highest BCUT2D eigenvalue weighted by Crippen LogP contribution is 2.54. The van der Waals surface area contributed by atoms with E-state index in [1.165, 1.54) is 62.2 Å². The minimum absolute atomic E-state index is 0.225. The normalized spacial score (nSPS) is 13.0. The van der Waals surface area contributed by atoms with Crippen LogP contribution in [0.15, 0.2) is 346 Å². The van der Waals surface area contributed by atoms with Gasteiger partial charge in [0.1, 0.15) is 11.5 Å². The molecule has 21 rings (SSSR count). The fourth-order valence-corrected chi connectivity index (χ4v) is 19.0. The monoisotopic (exact) mass is 1310 g/mol. The number of para-hydroxylation sites is 7. The number of ether oxygens (including phenoxy) is 1. The third kappa shape index (κ3) is 8.64. The zero-order valence-corrected chi connectivity index (χ0v) is 55.7. The lowest BCUT2D eigenvalue weighted by Crippen LogP contribution is -2.64. The molecule has 4 aliphatic rings. The highest BCUT2D eigenvalue weighted by molar-refractivity contribution is 7.26. The van der Waals surface area contributed by atoms with Crippen LogP contribution in [0.1, 0.15) is 0 Å². The van der Waals surface area contributed by atoms with Crippen LogP contribution in [-0.2, 0) is 0 Å². The quantitative estimate of drug-likeness (QED) is 0.127. The summed E-state index contributed by atoms with van der Waals surface area (Å²) < 4.78 is 13.0. The number of benzene rings is 15. The van der Waals surface area contributed by atoms with E-state index in [2.05, 4.69) is 370 Å². The van der Waals surface area contributed by atoms with E-state index < -0.39 is 0 Å². The topological polar surface area (TPSA) is 25.4 Å². The largest absolute Gasteiger partial charge is 0.458 e. The first kappa shape index (κ1) is 56.8. The first-order valence-corrected chi connectivity index (χ1v) is 35.8. The molecular formula is C90H57B2N5OS2. The summed E-state index contributed by atoms with van der Waals surface area (Å²) in [7, 11) is 0. The van der Waals surface area contributed by atoms with Crippen molar-refractivity contribution >= 4 is 195 Å². The van der Waals surface area contributed by atoms with Gasteiger partial charge >= 0.3 is 0 Å². The van der Waals surface area contributed by atoms with Crippen molar-refractivity contribution in [2.75, 3.05) is 24.5 Å². The highest BCUT2D eigenvalue weighted by Gasteiger charge is 2.49. The zero-order valence-electron chi connectivity index (χ0n) is 54.0. The molecule has 10 heteroatoms. The van der Waals surface area contributed by atoms with E-state index in [0.29, 0.717) is 0 Å². The summed E-state index contributed by atoms with van der Waals surface area (Å²) in [6.45, 7) is -0.456.